The summed E-state index contributed by atoms with van der Waals surface area (Å²) in [7, 11) is 0. The summed E-state index contributed by atoms with van der Waals surface area (Å²) in [6.07, 6.45) is 2.63. The van der Waals surface area contributed by atoms with E-state index < -0.39 is 11.6 Å². The highest BCUT2D eigenvalue weighted by molar-refractivity contribution is 9.10. The summed E-state index contributed by atoms with van der Waals surface area (Å²) in [5.41, 5.74) is 2.24. The van der Waals surface area contributed by atoms with Gasteiger partial charge in [0.15, 0.2) is 0 Å². The van der Waals surface area contributed by atoms with Crippen molar-refractivity contribution in [3.63, 3.8) is 0 Å². The smallest absolute Gasteiger partial charge is 0.135 e. The molecule has 1 aliphatic heterocycles. The van der Waals surface area contributed by atoms with Crippen molar-refractivity contribution in [3.05, 3.63) is 75.3 Å². The zero-order valence-corrected chi connectivity index (χ0v) is 12.7. The summed E-state index contributed by atoms with van der Waals surface area (Å²) in [4.78, 5) is 4.28. The molecule has 0 bridgehead atoms. The second kappa shape index (κ2) is 5.90. The van der Waals surface area contributed by atoms with E-state index in [-0.39, 0.29) is 5.56 Å². The van der Waals surface area contributed by atoms with E-state index in [0.717, 1.165) is 15.6 Å². The molecule has 0 N–H and O–H groups in total. The molecular formula is C17H12BrF2N. The Kier molecular flexibility index (Phi) is 3.97. The van der Waals surface area contributed by atoms with Gasteiger partial charge in [-0.1, -0.05) is 34.1 Å². The first kappa shape index (κ1) is 14.1. The number of rotatable bonds is 2. The van der Waals surface area contributed by atoms with Crippen LogP contribution >= 0.6 is 15.9 Å². The van der Waals surface area contributed by atoms with Crippen LogP contribution in [0.1, 0.15) is 17.5 Å². The molecule has 1 heterocycles. The maximum Gasteiger partial charge on any atom is 0.135 e. The summed E-state index contributed by atoms with van der Waals surface area (Å²) < 4.78 is 28.8. The van der Waals surface area contributed by atoms with Crippen LogP contribution in [0, 0.1) is 11.6 Å². The predicted octanol–water partition coefficient (Wildman–Crippen LogP) is 5.00. The SMILES string of the molecule is Fc1cccc(F)c1C1=NCC/C1=C\c1ccc(Br)cc1. The molecule has 1 aliphatic rings. The molecule has 0 aliphatic carbocycles. The molecule has 0 unspecified atom stereocenters. The monoisotopic (exact) mass is 347 g/mol. The fraction of sp³-hybridized carbons (Fsp3) is 0.118. The first-order valence-corrected chi connectivity index (χ1v) is 7.40. The highest BCUT2D eigenvalue weighted by Gasteiger charge is 2.21. The number of nitrogens with zero attached hydrogens (tertiary/aromatic N) is 1. The average molecular weight is 348 g/mol. The minimum Gasteiger partial charge on any atom is -0.284 e. The minimum absolute atomic E-state index is 0.0293. The quantitative estimate of drug-likeness (QED) is 0.724. The van der Waals surface area contributed by atoms with E-state index in [1.807, 2.05) is 30.3 Å². The maximum atomic E-state index is 13.9. The Morgan fingerprint density at radius 1 is 1.00 bits per heavy atom. The van der Waals surface area contributed by atoms with E-state index in [4.69, 9.17) is 0 Å². The van der Waals surface area contributed by atoms with E-state index in [2.05, 4.69) is 20.9 Å². The number of halogens is 3. The van der Waals surface area contributed by atoms with Gasteiger partial charge < -0.3 is 0 Å². The summed E-state index contributed by atoms with van der Waals surface area (Å²) in [6, 6.07) is 11.6. The van der Waals surface area contributed by atoms with E-state index in [0.29, 0.717) is 18.7 Å². The van der Waals surface area contributed by atoms with Crippen molar-refractivity contribution in [2.24, 2.45) is 4.99 Å². The zero-order chi connectivity index (χ0) is 14.8. The average Bonchev–Trinajstić information content (AvgIpc) is 2.89. The van der Waals surface area contributed by atoms with Gasteiger partial charge in [0.05, 0.1) is 11.3 Å². The molecule has 0 saturated carbocycles. The largest absolute Gasteiger partial charge is 0.284 e. The van der Waals surface area contributed by atoms with Gasteiger partial charge in [-0.15, -0.1) is 0 Å². The fourth-order valence-corrected chi connectivity index (χ4v) is 2.64. The Morgan fingerprint density at radius 2 is 1.67 bits per heavy atom. The van der Waals surface area contributed by atoms with Crippen LogP contribution in [0.5, 0.6) is 0 Å². The van der Waals surface area contributed by atoms with Crippen LogP contribution < -0.4 is 0 Å². The summed E-state index contributed by atoms with van der Waals surface area (Å²) >= 11 is 3.38. The fourth-order valence-electron chi connectivity index (χ4n) is 2.37. The van der Waals surface area contributed by atoms with Crippen molar-refractivity contribution >= 4 is 27.7 Å². The third-order valence-electron chi connectivity index (χ3n) is 3.37. The first-order valence-electron chi connectivity index (χ1n) is 6.60. The summed E-state index contributed by atoms with van der Waals surface area (Å²) in [5.74, 6) is -1.14. The molecular weight excluding hydrogens is 336 g/mol. The van der Waals surface area contributed by atoms with Gasteiger partial charge in [-0.25, -0.2) is 8.78 Å². The molecule has 4 heteroatoms. The lowest BCUT2D eigenvalue weighted by atomic mass is 9.99. The van der Waals surface area contributed by atoms with Crippen LogP contribution in [-0.2, 0) is 0 Å². The highest BCUT2D eigenvalue weighted by atomic mass is 79.9. The molecule has 2 aromatic rings. The van der Waals surface area contributed by atoms with E-state index >= 15 is 0 Å². The van der Waals surface area contributed by atoms with E-state index in [1.165, 1.54) is 18.2 Å². The van der Waals surface area contributed by atoms with Gasteiger partial charge in [-0.3, -0.25) is 4.99 Å². The molecule has 2 aromatic carbocycles. The van der Waals surface area contributed by atoms with Crippen LogP contribution in [0.15, 0.2) is 57.5 Å². The number of hydrogen-bond acceptors (Lipinski definition) is 1. The molecule has 106 valence electrons. The number of aliphatic imine (C=N–C) groups is 1. The van der Waals surface area contributed by atoms with Crippen LogP contribution in [0.2, 0.25) is 0 Å². The minimum atomic E-state index is -0.572. The molecule has 0 fully saturated rings. The number of hydrogen-bond donors (Lipinski definition) is 0. The second-order valence-electron chi connectivity index (χ2n) is 4.80. The lowest BCUT2D eigenvalue weighted by molar-refractivity contribution is 0.579. The molecule has 0 spiro atoms. The lowest BCUT2D eigenvalue weighted by Crippen LogP contribution is -2.06. The van der Waals surface area contributed by atoms with E-state index in [1.54, 1.807) is 0 Å². The van der Waals surface area contributed by atoms with Crippen molar-refractivity contribution in [3.8, 4) is 0 Å². The molecule has 21 heavy (non-hydrogen) atoms. The zero-order valence-electron chi connectivity index (χ0n) is 11.1. The Morgan fingerprint density at radius 3 is 2.33 bits per heavy atom. The molecule has 1 nitrogen and oxygen atoms in total. The van der Waals surface area contributed by atoms with Crippen molar-refractivity contribution in [2.75, 3.05) is 6.54 Å². The normalized spacial score (nSPS) is 16.3. The standard InChI is InChI=1S/C17H12BrF2N/c18-13-6-4-11(5-7-13)10-12-8-9-21-17(12)16-14(19)2-1-3-15(16)20/h1-7,10H,8-9H2/b12-10+. The van der Waals surface area contributed by atoms with Gasteiger partial charge in [0.1, 0.15) is 11.6 Å². The lowest BCUT2D eigenvalue weighted by Gasteiger charge is -2.07. The third-order valence-corrected chi connectivity index (χ3v) is 3.89. The summed E-state index contributed by atoms with van der Waals surface area (Å²) in [5, 5.41) is 0. The van der Waals surface area contributed by atoms with Crippen molar-refractivity contribution in [2.45, 2.75) is 6.42 Å². The van der Waals surface area contributed by atoms with Crippen molar-refractivity contribution < 1.29 is 8.78 Å². The topological polar surface area (TPSA) is 12.4 Å². The summed E-state index contributed by atoms with van der Waals surface area (Å²) in [6.45, 7) is 0.561. The Labute approximate surface area is 130 Å². The van der Waals surface area contributed by atoms with Crippen LogP contribution in [0.25, 0.3) is 6.08 Å². The van der Waals surface area contributed by atoms with Gasteiger partial charge in [0.25, 0.3) is 0 Å². The highest BCUT2D eigenvalue weighted by Crippen LogP contribution is 2.25. The third kappa shape index (κ3) is 2.95. The predicted molar refractivity (Wildman–Crippen MR) is 84.5 cm³/mol. The molecule has 0 aromatic heterocycles. The van der Waals surface area contributed by atoms with Gasteiger partial charge in [-0.05, 0) is 47.9 Å². The Bertz CT molecular complexity index is 713. The number of benzene rings is 2. The van der Waals surface area contributed by atoms with Crippen molar-refractivity contribution in [1.82, 2.24) is 0 Å². The Balaban J connectivity index is 2.01. The second-order valence-corrected chi connectivity index (χ2v) is 5.71. The van der Waals surface area contributed by atoms with Gasteiger partial charge >= 0.3 is 0 Å². The Hall–Kier alpha value is -1.81. The first-order chi connectivity index (χ1) is 10.1. The van der Waals surface area contributed by atoms with Crippen molar-refractivity contribution in [1.29, 1.82) is 0 Å². The van der Waals surface area contributed by atoms with Crippen LogP contribution in [0.4, 0.5) is 8.78 Å². The molecule has 0 amide bonds. The van der Waals surface area contributed by atoms with Gasteiger partial charge in [0.2, 0.25) is 0 Å². The van der Waals surface area contributed by atoms with Gasteiger partial charge in [0, 0.05) is 11.0 Å². The van der Waals surface area contributed by atoms with Gasteiger partial charge in [-0.2, -0.15) is 0 Å². The molecule has 0 atom stereocenters. The maximum absolute atomic E-state index is 13.9. The molecule has 0 radical (unpaired) electrons. The van der Waals surface area contributed by atoms with Crippen LogP contribution in [0.3, 0.4) is 0 Å². The van der Waals surface area contributed by atoms with Crippen LogP contribution in [-0.4, -0.2) is 12.3 Å². The van der Waals surface area contributed by atoms with E-state index in [9.17, 15) is 8.78 Å². The molecule has 0 saturated heterocycles. The molecule has 3 rings (SSSR count).